The van der Waals surface area contributed by atoms with Crippen LogP contribution in [0.5, 0.6) is 0 Å². The quantitative estimate of drug-likeness (QED) is 0.357. The summed E-state index contributed by atoms with van der Waals surface area (Å²) in [6, 6.07) is 21.3. The molecule has 0 aliphatic heterocycles. The van der Waals surface area contributed by atoms with Crippen molar-refractivity contribution in [3.63, 3.8) is 0 Å². The van der Waals surface area contributed by atoms with E-state index in [1.807, 2.05) is 72.8 Å². The Morgan fingerprint density at radius 3 is 1.42 bits per heavy atom. The van der Waals surface area contributed by atoms with Gasteiger partial charge in [-0.3, -0.25) is 9.97 Å². The van der Waals surface area contributed by atoms with Crippen LogP contribution in [-0.2, 0) is 13.5 Å². The largest absolute Gasteiger partial charge is 0.265 e. The van der Waals surface area contributed by atoms with E-state index in [4.69, 9.17) is 19.4 Å². The molecule has 0 unspecified atom stereocenters. The van der Waals surface area contributed by atoms with Gasteiger partial charge in [-0.05, 0) is 24.3 Å². The van der Waals surface area contributed by atoms with Crippen LogP contribution in [0.15, 0.2) is 91.5 Å². The average Bonchev–Trinajstić information content (AvgIpc) is 2.65. The van der Waals surface area contributed by atoms with Gasteiger partial charge in [0.1, 0.15) is 0 Å². The van der Waals surface area contributed by atoms with Crippen molar-refractivity contribution >= 4 is 29.7 Å². The van der Waals surface area contributed by atoms with Crippen molar-refractivity contribution in [1.82, 2.24) is 9.97 Å². The predicted octanol–water partition coefficient (Wildman–Crippen LogP) is 5.64. The Morgan fingerprint density at radius 2 is 1.12 bits per heavy atom. The Hall–Kier alpha value is -1.63. The van der Waals surface area contributed by atoms with Crippen LogP contribution in [0, 0.1) is 7.43 Å². The molecule has 128 valence electrons. The van der Waals surface area contributed by atoms with E-state index in [9.17, 15) is 0 Å². The standard InChI is InChI=1S/C8H6.2C5H5N.CH3.2ClH.Ru/c1-2-8-6-4-3-5-7-8;2*1-2-4-6-5-3-1;;;;/h2-7H;2*1-5H;1H3;2*1H;/q;;;-1;;;+2/p-2. The molecule has 1 aromatic carbocycles. The number of rotatable bonds is 1. The van der Waals surface area contributed by atoms with E-state index in [2.05, 4.69) is 14.2 Å². The van der Waals surface area contributed by atoms with E-state index in [-0.39, 0.29) is 7.43 Å². The molecule has 0 amide bonds. The molecule has 0 saturated carbocycles. The first kappa shape index (κ1) is 22.4. The first-order valence-electron chi connectivity index (χ1n) is 6.63. The third-order valence-corrected chi connectivity index (χ3v) is 3.77. The Labute approximate surface area is 157 Å². The molecule has 5 heteroatoms. The second-order valence-corrected chi connectivity index (χ2v) is 9.27. The molecule has 0 fully saturated rings. The van der Waals surface area contributed by atoms with Crippen LogP contribution in [0.1, 0.15) is 5.56 Å². The minimum absolute atomic E-state index is 0. The number of hydrogen-bond acceptors (Lipinski definition) is 2. The zero-order chi connectivity index (χ0) is 16.6. The maximum Gasteiger partial charge on any atom is 0.0267 e. The normalized spacial score (nSPS) is 8.67. The molecule has 0 N–H and O–H groups in total. The molecule has 0 bridgehead atoms. The Kier molecular flexibility index (Phi) is 15.1. The van der Waals surface area contributed by atoms with Crippen LogP contribution in [0.3, 0.4) is 0 Å². The van der Waals surface area contributed by atoms with Crippen molar-refractivity contribution in [2.75, 3.05) is 0 Å². The zero-order valence-electron chi connectivity index (χ0n) is 13.2. The molecule has 0 atom stereocenters. The van der Waals surface area contributed by atoms with Gasteiger partial charge in [-0.2, -0.15) is 0 Å². The minimum Gasteiger partial charge on any atom is -0.265 e. The summed E-state index contributed by atoms with van der Waals surface area (Å²) in [7, 11) is 11.2. The van der Waals surface area contributed by atoms with E-state index in [0.29, 0.717) is 0 Å². The first-order chi connectivity index (χ1) is 11.3. The molecule has 24 heavy (non-hydrogen) atoms. The summed E-state index contributed by atoms with van der Waals surface area (Å²) in [4.78, 5) is 7.57. The van der Waals surface area contributed by atoms with E-state index in [1.165, 1.54) is 0 Å². The van der Waals surface area contributed by atoms with Gasteiger partial charge in [-0.15, -0.1) is 0 Å². The zero-order valence-corrected chi connectivity index (χ0v) is 16.5. The number of nitrogens with zero attached hydrogens (tertiary/aromatic N) is 2. The third-order valence-electron chi connectivity index (χ3n) is 2.23. The maximum absolute atomic E-state index is 5.59. The van der Waals surface area contributed by atoms with Crippen LogP contribution >= 0.6 is 19.4 Å². The molecule has 0 radical (unpaired) electrons. The molecule has 3 rings (SSSR count). The van der Waals surface area contributed by atoms with Gasteiger partial charge in [-0.25, -0.2) is 0 Å². The van der Waals surface area contributed by atoms with E-state index < -0.39 is 13.5 Å². The maximum atomic E-state index is 5.59. The Morgan fingerprint density at radius 1 is 0.708 bits per heavy atom. The van der Waals surface area contributed by atoms with E-state index in [1.54, 1.807) is 24.8 Å². The second-order valence-electron chi connectivity index (χ2n) is 3.89. The van der Waals surface area contributed by atoms with Gasteiger partial charge in [-0.1, -0.05) is 12.1 Å². The SMILES string of the molecule is [CH3-].[Cl][Ru]([Cl])=[C]=Cc1ccccc1.c1ccncc1.c1ccncc1. The molecule has 2 nitrogen and oxygen atoms in total. The van der Waals surface area contributed by atoms with Gasteiger partial charge in [0.25, 0.3) is 0 Å². The summed E-state index contributed by atoms with van der Waals surface area (Å²) in [5.74, 6) is 0. The molecular formula is C19H19Cl2N2Ru-. The number of aromatic nitrogens is 2. The number of halogens is 2. The van der Waals surface area contributed by atoms with Gasteiger partial charge < -0.3 is 7.43 Å². The number of hydrogen-bond donors (Lipinski definition) is 0. The van der Waals surface area contributed by atoms with Crippen molar-refractivity contribution in [1.29, 1.82) is 0 Å². The predicted molar refractivity (Wildman–Crippen MR) is 103 cm³/mol. The fourth-order valence-electron chi connectivity index (χ4n) is 1.27. The van der Waals surface area contributed by atoms with Crippen LogP contribution in [-0.4, -0.2) is 14.2 Å². The van der Waals surface area contributed by atoms with Crippen molar-refractivity contribution in [2.45, 2.75) is 0 Å². The molecule has 0 aliphatic carbocycles. The molecule has 3 aromatic rings. The fraction of sp³-hybridized carbons (Fsp3) is 0. The molecule has 2 aromatic heterocycles. The Bertz CT molecular complexity index is 597. The summed E-state index contributed by atoms with van der Waals surface area (Å²) in [5.41, 5.74) is 1.09. The first-order valence-corrected chi connectivity index (χ1v) is 12.0. The summed E-state index contributed by atoms with van der Waals surface area (Å²) in [6.07, 6.45) is 8.83. The second kappa shape index (κ2) is 16.2. The minimum atomic E-state index is -1.74. The van der Waals surface area contributed by atoms with Crippen LogP contribution in [0.25, 0.3) is 6.08 Å². The van der Waals surface area contributed by atoms with Crippen molar-refractivity contribution in [2.24, 2.45) is 0 Å². The van der Waals surface area contributed by atoms with Crippen LogP contribution in [0.2, 0.25) is 0 Å². The smallest absolute Gasteiger partial charge is 0.0267 e. The molecule has 0 aliphatic rings. The van der Waals surface area contributed by atoms with Gasteiger partial charge in [0.15, 0.2) is 0 Å². The molecule has 0 spiro atoms. The number of benzene rings is 1. The van der Waals surface area contributed by atoms with Crippen molar-refractivity contribution in [3.05, 3.63) is 105 Å². The summed E-state index contributed by atoms with van der Waals surface area (Å²) in [5, 5.41) is 0. The summed E-state index contributed by atoms with van der Waals surface area (Å²) in [6.45, 7) is 0. The van der Waals surface area contributed by atoms with Gasteiger partial charge >= 0.3 is 79.1 Å². The number of pyridine rings is 2. The van der Waals surface area contributed by atoms with Gasteiger partial charge in [0.2, 0.25) is 0 Å². The monoisotopic (exact) mass is 447 g/mol. The average molecular weight is 447 g/mol. The van der Waals surface area contributed by atoms with Crippen LogP contribution in [0.4, 0.5) is 0 Å². The van der Waals surface area contributed by atoms with Gasteiger partial charge in [0.05, 0.1) is 0 Å². The van der Waals surface area contributed by atoms with Crippen molar-refractivity contribution in [3.8, 4) is 0 Å². The van der Waals surface area contributed by atoms with E-state index >= 15 is 0 Å². The molecule has 0 saturated heterocycles. The topological polar surface area (TPSA) is 25.8 Å². The van der Waals surface area contributed by atoms with Crippen LogP contribution < -0.4 is 0 Å². The summed E-state index contributed by atoms with van der Waals surface area (Å²) >= 11 is -1.74. The summed E-state index contributed by atoms with van der Waals surface area (Å²) < 4.78 is 2.91. The van der Waals surface area contributed by atoms with Gasteiger partial charge in [0, 0.05) is 24.8 Å². The fourth-order valence-corrected chi connectivity index (χ4v) is 2.21. The van der Waals surface area contributed by atoms with Crippen molar-refractivity contribution < 1.29 is 13.5 Å². The third kappa shape index (κ3) is 14.0. The molecular weight excluding hydrogens is 428 g/mol. The molecule has 2 heterocycles. The Balaban J connectivity index is 0.000000348. The van der Waals surface area contributed by atoms with E-state index in [0.717, 1.165) is 5.56 Å².